The molecular weight excluding hydrogens is 206 g/mol. The second kappa shape index (κ2) is 7.64. The second-order valence-electron chi connectivity index (χ2n) is 3.94. The zero-order valence-corrected chi connectivity index (χ0v) is 10.5. The van der Waals surface area contributed by atoms with Crippen molar-refractivity contribution >= 4 is 0 Å². The van der Waals surface area contributed by atoms with Crippen LogP contribution >= 0.6 is 0 Å². The van der Waals surface area contributed by atoms with Gasteiger partial charge in [0, 0.05) is 5.92 Å². The minimum Gasteiger partial charge on any atom is -0.330 e. The van der Waals surface area contributed by atoms with Gasteiger partial charge in [0.15, 0.2) is 0 Å². The third-order valence-corrected chi connectivity index (χ3v) is 2.73. The number of rotatable bonds is 6. The summed E-state index contributed by atoms with van der Waals surface area (Å²) in [4.78, 5) is 0. The average Bonchev–Trinajstić information content (AvgIpc) is 2.37. The lowest BCUT2D eigenvalue weighted by Gasteiger charge is -2.18. The molecule has 1 aromatic carbocycles. The molecule has 0 aliphatic rings. The molecule has 0 aromatic heterocycles. The summed E-state index contributed by atoms with van der Waals surface area (Å²) in [7, 11) is 0. The van der Waals surface area contributed by atoms with Crippen LogP contribution < -0.4 is 5.73 Å². The van der Waals surface area contributed by atoms with Crippen LogP contribution in [-0.4, -0.2) is 6.54 Å². The van der Waals surface area contributed by atoms with E-state index in [-0.39, 0.29) is 0 Å². The van der Waals surface area contributed by atoms with E-state index in [2.05, 4.69) is 49.1 Å². The summed E-state index contributed by atoms with van der Waals surface area (Å²) < 4.78 is 0. The molecule has 1 unspecified atom stereocenters. The fraction of sp³-hybridized carbons (Fsp3) is 0.250. The molecule has 0 saturated heterocycles. The third kappa shape index (κ3) is 4.04. The first-order chi connectivity index (χ1) is 8.33. The van der Waals surface area contributed by atoms with Crippen LogP contribution in [0.15, 0.2) is 66.8 Å². The van der Waals surface area contributed by atoms with Crippen LogP contribution in [0, 0.1) is 0 Å². The summed E-state index contributed by atoms with van der Waals surface area (Å²) in [6.07, 6.45) is 9.04. The van der Waals surface area contributed by atoms with Gasteiger partial charge in [0.1, 0.15) is 0 Å². The smallest absolute Gasteiger partial charge is 0.0101 e. The van der Waals surface area contributed by atoms with Gasteiger partial charge in [0.05, 0.1) is 0 Å². The maximum absolute atomic E-state index is 5.72. The maximum atomic E-state index is 5.72. The fourth-order valence-corrected chi connectivity index (χ4v) is 1.99. The number of nitrogens with two attached hydrogens (primary N) is 1. The molecule has 0 radical (unpaired) electrons. The molecule has 0 bridgehead atoms. The van der Waals surface area contributed by atoms with Gasteiger partial charge in [-0.05, 0) is 31.0 Å². The average molecular weight is 227 g/mol. The van der Waals surface area contributed by atoms with Gasteiger partial charge in [-0.1, -0.05) is 61.2 Å². The Kier molecular flexibility index (Phi) is 6.05. The Hall–Kier alpha value is -1.60. The van der Waals surface area contributed by atoms with E-state index in [1.54, 1.807) is 0 Å². The lowest BCUT2D eigenvalue weighted by molar-refractivity contribution is 0.725. The third-order valence-electron chi connectivity index (χ3n) is 2.73. The van der Waals surface area contributed by atoms with Gasteiger partial charge < -0.3 is 5.73 Å². The predicted molar refractivity (Wildman–Crippen MR) is 75.9 cm³/mol. The van der Waals surface area contributed by atoms with Crippen molar-refractivity contribution in [3.05, 3.63) is 72.4 Å². The second-order valence-corrected chi connectivity index (χ2v) is 3.94. The van der Waals surface area contributed by atoms with Crippen LogP contribution in [0.25, 0.3) is 0 Å². The van der Waals surface area contributed by atoms with Crippen molar-refractivity contribution in [2.45, 2.75) is 19.3 Å². The molecule has 0 heterocycles. The monoisotopic (exact) mass is 227 g/mol. The molecule has 17 heavy (non-hydrogen) atoms. The summed E-state index contributed by atoms with van der Waals surface area (Å²) in [5.74, 6) is 0.357. The molecule has 0 fully saturated rings. The molecule has 1 aromatic rings. The van der Waals surface area contributed by atoms with Crippen LogP contribution in [0.2, 0.25) is 0 Å². The summed E-state index contributed by atoms with van der Waals surface area (Å²) in [6, 6.07) is 10.5. The van der Waals surface area contributed by atoms with Crippen LogP contribution in [0.4, 0.5) is 0 Å². The molecule has 90 valence electrons. The predicted octanol–water partition coefficient (Wildman–Crippen LogP) is 3.81. The molecule has 2 N–H and O–H groups in total. The first-order valence-electron chi connectivity index (χ1n) is 6.03. The number of benzene rings is 1. The Bertz CT molecular complexity index is 387. The molecule has 1 atom stereocenters. The number of allylic oxidation sites excluding steroid dienone is 5. The van der Waals surface area contributed by atoms with E-state index in [1.165, 1.54) is 11.1 Å². The molecule has 1 rings (SSSR count). The van der Waals surface area contributed by atoms with E-state index in [9.17, 15) is 0 Å². The van der Waals surface area contributed by atoms with E-state index >= 15 is 0 Å². The molecule has 1 heteroatoms. The first-order valence-corrected chi connectivity index (χ1v) is 6.03. The summed E-state index contributed by atoms with van der Waals surface area (Å²) in [6.45, 7) is 6.49. The number of hydrogen-bond acceptors (Lipinski definition) is 1. The fourth-order valence-electron chi connectivity index (χ4n) is 1.99. The lowest BCUT2D eigenvalue weighted by Crippen LogP contribution is -2.09. The van der Waals surface area contributed by atoms with Crippen molar-refractivity contribution in [1.82, 2.24) is 0 Å². The van der Waals surface area contributed by atoms with Gasteiger partial charge in [-0.3, -0.25) is 0 Å². The van der Waals surface area contributed by atoms with Crippen LogP contribution in [-0.2, 0) is 0 Å². The molecule has 1 nitrogen and oxygen atoms in total. The highest BCUT2D eigenvalue weighted by atomic mass is 14.5. The summed E-state index contributed by atoms with van der Waals surface area (Å²) in [5, 5.41) is 0. The largest absolute Gasteiger partial charge is 0.330 e. The lowest BCUT2D eigenvalue weighted by atomic mass is 9.87. The van der Waals surface area contributed by atoms with Crippen molar-refractivity contribution in [3.63, 3.8) is 0 Å². The first kappa shape index (κ1) is 13.5. The molecule has 0 aliphatic carbocycles. The highest BCUT2D eigenvalue weighted by Crippen LogP contribution is 2.28. The van der Waals surface area contributed by atoms with E-state index in [0.29, 0.717) is 12.5 Å². The topological polar surface area (TPSA) is 26.0 Å². The Morgan fingerprint density at radius 2 is 2.06 bits per heavy atom. The van der Waals surface area contributed by atoms with Crippen molar-refractivity contribution in [2.24, 2.45) is 5.73 Å². The van der Waals surface area contributed by atoms with Gasteiger partial charge in [-0.2, -0.15) is 0 Å². The van der Waals surface area contributed by atoms with Crippen molar-refractivity contribution in [1.29, 1.82) is 0 Å². The highest BCUT2D eigenvalue weighted by molar-refractivity contribution is 5.36. The minimum absolute atomic E-state index is 0.357. The Balaban J connectivity index is 3.06. The van der Waals surface area contributed by atoms with Crippen molar-refractivity contribution < 1.29 is 0 Å². The number of hydrogen-bond donors (Lipinski definition) is 1. The zero-order valence-electron chi connectivity index (χ0n) is 10.5. The SMILES string of the molecule is C=C/C=C(\C=C/C)C(CCN)c1ccccc1. The van der Waals surface area contributed by atoms with E-state index < -0.39 is 0 Å². The minimum atomic E-state index is 0.357. The summed E-state index contributed by atoms with van der Waals surface area (Å²) in [5.41, 5.74) is 8.29. The van der Waals surface area contributed by atoms with Gasteiger partial charge in [-0.15, -0.1) is 0 Å². The van der Waals surface area contributed by atoms with Gasteiger partial charge >= 0.3 is 0 Å². The van der Waals surface area contributed by atoms with Crippen LogP contribution in [0.3, 0.4) is 0 Å². The van der Waals surface area contributed by atoms with Gasteiger partial charge in [0.2, 0.25) is 0 Å². The Morgan fingerprint density at radius 1 is 1.35 bits per heavy atom. The normalized spacial score (nSPS) is 13.9. The van der Waals surface area contributed by atoms with E-state index in [1.807, 2.05) is 19.1 Å². The molecule has 0 spiro atoms. The van der Waals surface area contributed by atoms with Gasteiger partial charge in [0.25, 0.3) is 0 Å². The molecule has 0 amide bonds. The molecule has 0 saturated carbocycles. The Morgan fingerprint density at radius 3 is 2.59 bits per heavy atom. The molecule has 0 aliphatic heterocycles. The highest BCUT2D eigenvalue weighted by Gasteiger charge is 2.13. The van der Waals surface area contributed by atoms with E-state index in [0.717, 1.165) is 6.42 Å². The van der Waals surface area contributed by atoms with Crippen molar-refractivity contribution in [3.8, 4) is 0 Å². The quantitative estimate of drug-likeness (QED) is 0.735. The van der Waals surface area contributed by atoms with E-state index in [4.69, 9.17) is 5.73 Å². The van der Waals surface area contributed by atoms with Crippen LogP contribution in [0.5, 0.6) is 0 Å². The maximum Gasteiger partial charge on any atom is 0.0101 e. The standard InChI is InChI=1S/C16H21N/c1-3-8-14(9-4-2)16(12-13-17)15-10-6-5-7-11-15/h3-11,16H,1,12-13,17H2,2H3/b9-4-,14-8+. The zero-order chi connectivity index (χ0) is 12.5. The van der Waals surface area contributed by atoms with Crippen molar-refractivity contribution in [2.75, 3.05) is 6.54 Å². The van der Waals surface area contributed by atoms with Gasteiger partial charge in [-0.25, -0.2) is 0 Å². The Labute approximate surface area is 104 Å². The van der Waals surface area contributed by atoms with Crippen LogP contribution in [0.1, 0.15) is 24.8 Å². The molecular formula is C16H21N. The summed E-state index contributed by atoms with van der Waals surface area (Å²) >= 11 is 0.